The number of amides is 2. The van der Waals surface area contributed by atoms with Crippen LogP contribution in [0.25, 0.3) is 0 Å². The largest absolute Gasteiger partial charge is 0.354 e. The van der Waals surface area contributed by atoms with Crippen LogP contribution in [-0.4, -0.2) is 54.4 Å². The number of nitrogens with one attached hydrogen (secondary N) is 2. The van der Waals surface area contributed by atoms with E-state index >= 15 is 0 Å². The number of nitrogens with zero attached hydrogens (tertiary/aromatic N) is 3. The van der Waals surface area contributed by atoms with E-state index in [0.29, 0.717) is 31.7 Å². The summed E-state index contributed by atoms with van der Waals surface area (Å²) < 4.78 is 13.7. The summed E-state index contributed by atoms with van der Waals surface area (Å²) in [5, 5.41) is 5.49. The van der Waals surface area contributed by atoms with Gasteiger partial charge in [0.25, 0.3) is 5.91 Å². The number of rotatable bonds is 6. The molecule has 1 fully saturated rings. The molecule has 2 amide bonds. The van der Waals surface area contributed by atoms with Crippen molar-refractivity contribution in [2.45, 2.75) is 6.92 Å². The lowest BCUT2D eigenvalue weighted by atomic mass is 10.2. The van der Waals surface area contributed by atoms with Crippen LogP contribution in [0.2, 0.25) is 0 Å². The molecule has 0 saturated carbocycles. The van der Waals surface area contributed by atoms with Crippen LogP contribution in [0.15, 0.2) is 66.9 Å². The van der Waals surface area contributed by atoms with E-state index in [2.05, 4.69) is 20.5 Å². The number of aromatic nitrogens is 1. The predicted octanol–water partition coefficient (Wildman–Crippen LogP) is 3.54. The van der Waals surface area contributed by atoms with Gasteiger partial charge in [-0.05, 0) is 43.3 Å². The number of carbonyl (C=O) groups is 2. The molecule has 1 aliphatic rings. The summed E-state index contributed by atoms with van der Waals surface area (Å²) in [5.74, 6) is -0.103. The fourth-order valence-electron chi connectivity index (χ4n) is 3.64. The van der Waals surface area contributed by atoms with Crippen molar-refractivity contribution in [3.8, 4) is 0 Å². The highest BCUT2D eigenvalue weighted by molar-refractivity contribution is 6.04. The Kier molecular flexibility index (Phi) is 6.95. The SMILES string of the molecule is Cc1ccc(NC(=O)c2ccc(N3CCN(CC(=O)Nc4ccccc4F)CC3)nc2)cc1. The van der Waals surface area contributed by atoms with Crippen molar-refractivity contribution < 1.29 is 14.0 Å². The number of pyridine rings is 1. The first kappa shape index (κ1) is 22.4. The molecule has 170 valence electrons. The monoisotopic (exact) mass is 447 g/mol. The van der Waals surface area contributed by atoms with Crippen LogP contribution in [-0.2, 0) is 4.79 Å². The Balaban J connectivity index is 1.26. The van der Waals surface area contributed by atoms with Crippen LogP contribution in [0.3, 0.4) is 0 Å². The summed E-state index contributed by atoms with van der Waals surface area (Å²) in [6.07, 6.45) is 1.58. The molecule has 1 aromatic heterocycles. The number of piperazine rings is 1. The second kappa shape index (κ2) is 10.2. The molecule has 2 heterocycles. The van der Waals surface area contributed by atoms with Crippen molar-refractivity contribution >= 4 is 29.0 Å². The van der Waals surface area contributed by atoms with Crippen LogP contribution >= 0.6 is 0 Å². The normalized spacial score (nSPS) is 14.1. The van der Waals surface area contributed by atoms with E-state index in [9.17, 15) is 14.0 Å². The summed E-state index contributed by atoms with van der Waals surface area (Å²) in [4.78, 5) is 33.3. The van der Waals surface area contributed by atoms with Crippen molar-refractivity contribution in [2.24, 2.45) is 0 Å². The van der Waals surface area contributed by atoms with Gasteiger partial charge in [-0.25, -0.2) is 9.37 Å². The zero-order chi connectivity index (χ0) is 23.2. The molecule has 0 radical (unpaired) electrons. The quantitative estimate of drug-likeness (QED) is 0.605. The summed E-state index contributed by atoms with van der Waals surface area (Å²) >= 11 is 0. The number of para-hydroxylation sites is 1. The van der Waals surface area contributed by atoms with Gasteiger partial charge >= 0.3 is 0 Å². The molecule has 7 nitrogen and oxygen atoms in total. The molecule has 0 bridgehead atoms. The Labute approximate surface area is 192 Å². The molecule has 1 aliphatic heterocycles. The molecule has 33 heavy (non-hydrogen) atoms. The topological polar surface area (TPSA) is 77.6 Å². The van der Waals surface area contributed by atoms with Gasteiger partial charge in [-0.3, -0.25) is 14.5 Å². The van der Waals surface area contributed by atoms with Crippen molar-refractivity contribution in [3.05, 3.63) is 83.8 Å². The number of carbonyl (C=O) groups excluding carboxylic acids is 2. The highest BCUT2D eigenvalue weighted by Crippen LogP contribution is 2.16. The average Bonchev–Trinajstić information content (AvgIpc) is 2.83. The zero-order valence-electron chi connectivity index (χ0n) is 18.4. The third-order valence-corrected chi connectivity index (χ3v) is 5.53. The van der Waals surface area contributed by atoms with Crippen LogP contribution in [0, 0.1) is 12.7 Å². The molecule has 3 aromatic rings. The summed E-state index contributed by atoms with van der Waals surface area (Å²) in [6, 6.07) is 17.4. The van der Waals surface area contributed by atoms with E-state index in [1.807, 2.05) is 42.2 Å². The Hall–Kier alpha value is -3.78. The van der Waals surface area contributed by atoms with Crippen LogP contribution in [0.1, 0.15) is 15.9 Å². The number of anilines is 3. The van der Waals surface area contributed by atoms with E-state index in [4.69, 9.17) is 0 Å². The zero-order valence-corrected chi connectivity index (χ0v) is 18.4. The molecule has 0 aliphatic carbocycles. The fourth-order valence-corrected chi connectivity index (χ4v) is 3.64. The Morgan fingerprint density at radius 2 is 1.67 bits per heavy atom. The highest BCUT2D eigenvalue weighted by Gasteiger charge is 2.20. The molecule has 0 unspecified atom stereocenters. The lowest BCUT2D eigenvalue weighted by Gasteiger charge is -2.35. The molecule has 0 atom stereocenters. The van der Waals surface area contributed by atoms with Gasteiger partial charge in [0.1, 0.15) is 11.6 Å². The van der Waals surface area contributed by atoms with Gasteiger partial charge in [0.05, 0.1) is 17.8 Å². The first-order chi connectivity index (χ1) is 16.0. The summed E-state index contributed by atoms with van der Waals surface area (Å²) in [6.45, 7) is 4.97. The molecule has 4 rings (SSSR count). The maximum Gasteiger partial charge on any atom is 0.257 e. The van der Waals surface area contributed by atoms with Crippen molar-refractivity contribution in [1.82, 2.24) is 9.88 Å². The molecular weight excluding hydrogens is 421 g/mol. The molecular formula is C25H26FN5O2. The number of halogens is 1. The first-order valence-corrected chi connectivity index (χ1v) is 10.8. The van der Waals surface area contributed by atoms with Crippen molar-refractivity contribution in [3.63, 3.8) is 0 Å². The maximum absolute atomic E-state index is 13.7. The minimum atomic E-state index is -0.447. The molecule has 2 N–H and O–H groups in total. The summed E-state index contributed by atoms with van der Waals surface area (Å²) in [5.41, 5.74) is 2.55. The van der Waals surface area contributed by atoms with Crippen LogP contribution < -0.4 is 15.5 Å². The summed E-state index contributed by atoms with van der Waals surface area (Å²) in [7, 11) is 0. The van der Waals surface area contributed by atoms with E-state index in [1.165, 1.54) is 6.07 Å². The number of hydrogen-bond donors (Lipinski definition) is 2. The third-order valence-electron chi connectivity index (χ3n) is 5.53. The minimum absolute atomic E-state index is 0.192. The molecule has 1 saturated heterocycles. The standard InChI is InChI=1S/C25H26FN5O2/c1-18-6-9-20(10-7-18)28-25(33)19-8-11-23(27-16-19)31-14-12-30(13-15-31)17-24(32)29-22-5-3-2-4-21(22)26/h2-11,16H,12-15,17H2,1H3,(H,28,33)(H,29,32). The Bertz CT molecular complexity index is 1110. The molecule has 2 aromatic carbocycles. The number of hydrogen-bond acceptors (Lipinski definition) is 5. The lowest BCUT2D eigenvalue weighted by molar-refractivity contribution is -0.117. The van der Waals surface area contributed by atoms with Gasteiger partial charge in [-0.15, -0.1) is 0 Å². The number of aryl methyl sites for hydroxylation is 1. The van der Waals surface area contributed by atoms with Gasteiger partial charge in [0.15, 0.2) is 0 Å². The predicted molar refractivity (Wildman–Crippen MR) is 127 cm³/mol. The Morgan fingerprint density at radius 1 is 0.939 bits per heavy atom. The van der Waals surface area contributed by atoms with E-state index in [0.717, 1.165) is 17.1 Å². The van der Waals surface area contributed by atoms with Gasteiger partial charge < -0.3 is 15.5 Å². The highest BCUT2D eigenvalue weighted by atomic mass is 19.1. The van der Waals surface area contributed by atoms with E-state index in [-0.39, 0.29) is 24.0 Å². The van der Waals surface area contributed by atoms with E-state index in [1.54, 1.807) is 30.5 Å². The van der Waals surface area contributed by atoms with E-state index < -0.39 is 5.82 Å². The van der Waals surface area contributed by atoms with Gasteiger partial charge in [-0.1, -0.05) is 29.8 Å². The van der Waals surface area contributed by atoms with Crippen LogP contribution in [0.5, 0.6) is 0 Å². The van der Waals surface area contributed by atoms with Gasteiger partial charge in [-0.2, -0.15) is 0 Å². The first-order valence-electron chi connectivity index (χ1n) is 10.8. The minimum Gasteiger partial charge on any atom is -0.354 e. The van der Waals surface area contributed by atoms with Gasteiger partial charge in [0.2, 0.25) is 5.91 Å². The van der Waals surface area contributed by atoms with Crippen molar-refractivity contribution in [1.29, 1.82) is 0 Å². The Morgan fingerprint density at radius 3 is 2.33 bits per heavy atom. The second-order valence-electron chi connectivity index (χ2n) is 8.02. The lowest BCUT2D eigenvalue weighted by Crippen LogP contribution is -2.49. The average molecular weight is 448 g/mol. The number of benzene rings is 2. The molecule has 0 spiro atoms. The smallest absolute Gasteiger partial charge is 0.257 e. The van der Waals surface area contributed by atoms with Crippen molar-refractivity contribution in [2.75, 3.05) is 48.3 Å². The maximum atomic E-state index is 13.7. The third kappa shape index (κ3) is 5.93. The second-order valence-corrected chi connectivity index (χ2v) is 8.02. The van der Waals surface area contributed by atoms with Gasteiger partial charge in [0, 0.05) is 38.1 Å². The fraction of sp³-hybridized carbons (Fsp3) is 0.240. The molecule has 8 heteroatoms. The van der Waals surface area contributed by atoms with Crippen LogP contribution in [0.4, 0.5) is 21.6 Å².